The summed E-state index contributed by atoms with van der Waals surface area (Å²) in [5, 5.41) is 27.5. The Morgan fingerprint density at radius 3 is 2.50 bits per heavy atom. The van der Waals surface area contributed by atoms with Gasteiger partial charge in [0.25, 0.3) is 5.56 Å². The van der Waals surface area contributed by atoms with Crippen LogP contribution in [0.3, 0.4) is 0 Å². The third kappa shape index (κ3) is 3.50. The first-order valence-electron chi connectivity index (χ1n) is 10.9. The molecule has 1 fully saturated rings. The van der Waals surface area contributed by atoms with Crippen molar-refractivity contribution >= 4 is 10.9 Å². The van der Waals surface area contributed by atoms with Crippen molar-refractivity contribution in [2.45, 2.75) is 51.7 Å². The predicted octanol–water partition coefficient (Wildman–Crippen LogP) is 2.88. The summed E-state index contributed by atoms with van der Waals surface area (Å²) in [7, 11) is 1.85. The molecule has 0 unspecified atom stereocenters. The number of fused-ring (bicyclic) bond motifs is 1. The zero-order valence-corrected chi connectivity index (χ0v) is 18.5. The summed E-state index contributed by atoms with van der Waals surface area (Å²) in [4.78, 5) is 13.3. The van der Waals surface area contributed by atoms with E-state index in [-0.39, 0.29) is 11.6 Å². The van der Waals surface area contributed by atoms with E-state index < -0.39 is 6.10 Å². The van der Waals surface area contributed by atoms with Crippen molar-refractivity contribution < 1.29 is 5.11 Å². The molecule has 8 nitrogen and oxygen atoms in total. The Balaban J connectivity index is 1.51. The van der Waals surface area contributed by atoms with Crippen molar-refractivity contribution in [3.8, 4) is 11.3 Å². The summed E-state index contributed by atoms with van der Waals surface area (Å²) in [6.45, 7) is 4.05. The standard InChI is InChI=1S/C24H26N6O2/c1-14-15(2)23-19(24(32)30(28-26-23)21-5-4-6-22(21)31)12-18(14)11-16-7-9-17(10-8-16)20-13-29(3)27-25-20/h7-10,12-13,21-22,31H,4-6,11H2,1-3H3/t21-,22-/m1/s1. The Labute approximate surface area is 185 Å². The van der Waals surface area contributed by atoms with E-state index >= 15 is 0 Å². The molecule has 0 radical (unpaired) electrons. The molecule has 0 amide bonds. The maximum Gasteiger partial charge on any atom is 0.277 e. The number of aryl methyl sites for hydroxylation is 2. The van der Waals surface area contributed by atoms with Crippen molar-refractivity contribution in [2.75, 3.05) is 0 Å². The Kier molecular flexibility index (Phi) is 5.09. The summed E-state index contributed by atoms with van der Waals surface area (Å²) in [6, 6.07) is 9.91. The van der Waals surface area contributed by atoms with E-state index in [0.29, 0.717) is 23.7 Å². The van der Waals surface area contributed by atoms with Crippen LogP contribution >= 0.6 is 0 Å². The number of aliphatic hydroxyl groups is 1. The fourth-order valence-corrected chi connectivity index (χ4v) is 4.62. The molecule has 2 aromatic heterocycles. The molecule has 1 aliphatic carbocycles. The smallest absolute Gasteiger partial charge is 0.277 e. The minimum absolute atomic E-state index is 0.178. The number of benzene rings is 2. The average Bonchev–Trinajstić information content (AvgIpc) is 3.41. The van der Waals surface area contributed by atoms with Crippen LogP contribution in [0.5, 0.6) is 0 Å². The molecule has 2 atom stereocenters. The van der Waals surface area contributed by atoms with E-state index in [0.717, 1.165) is 46.4 Å². The monoisotopic (exact) mass is 430 g/mol. The molecule has 2 aromatic carbocycles. The van der Waals surface area contributed by atoms with Gasteiger partial charge in [0, 0.05) is 12.6 Å². The van der Waals surface area contributed by atoms with Gasteiger partial charge in [-0.25, -0.2) is 4.68 Å². The van der Waals surface area contributed by atoms with Crippen LogP contribution in [-0.2, 0) is 13.5 Å². The summed E-state index contributed by atoms with van der Waals surface area (Å²) in [5.74, 6) is 0. The van der Waals surface area contributed by atoms with Crippen LogP contribution in [-0.4, -0.2) is 41.2 Å². The maximum absolute atomic E-state index is 13.3. The molecule has 0 bridgehead atoms. The van der Waals surface area contributed by atoms with Gasteiger partial charge >= 0.3 is 0 Å². The molecule has 2 heterocycles. The van der Waals surface area contributed by atoms with Crippen molar-refractivity contribution in [2.24, 2.45) is 7.05 Å². The van der Waals surface area contributed by atoms with Gasteiger partial charge in [0.15, 0.2) is 0 Å². The molecule has 0 saturated heterocycles. The lowest BCUT2D eigenvalue weighted by atomic mass is 9.94. The van der Waals surface area contributed by atoms with Gasteiger partial charge in [-0.3, -0.25) is 9.48 Å². The van der Waals surface area contributed by atoms with Crippen LogP contribution < -0.4 is 5.56 Å². The van der Waals surface area contributed by atoms with Crippen molar-refractivity contribution in [1.29, 1.82) is 0 Å². The first-order valence-corrected chi connectivity index (χ1v) is 10.9. The number of aliphatic hydroxyl groups excluding tert-OH is 1. The van der Waals surface area contributed by atoms with Crippen molar-refractivity contribution in [3.63, 3.8) is 0 Å². The molecule has 1 N–H and O–H groups in total. The molecule has 164 valence electrons. The molecule has 0 spiro atoms. The first-order chi connectivity index (χ1) is 15.4. The third-order valence-corrected chi connectivity index (χ3v) is 6.66. The molecule has 4 aromatic rings. The lowest BCUT2D eigenvalue weighted by Crippen LogP contribution is -2.32. The lowest BCUT2D eigenvalue weighted by Gasteiger charge is -2.17. The number of rotatable bonds is 4. The third-order valence-electron chi connectivity index (χ3n) is 6.66. The fourth-order valence-electron chi connectivity index (χ4n) is 4.62. The normalized spacial score (nSPS) is 18.5. The van der Waals surface area contributed by atoms with Crippen LogP contribution in [0.1, 0.15) is 47.6 Å². The van der Waals surface area contributed by atoms with Gasteiger partial charge in [-0.1, -0.05) is 34.7 Å². The SMILES string of the molecule is Cc1c(Cc2ccc(-c3cn(C)nn3)cc2)cc2c(=O)n([C@@H]3CCC[C@H]3O)nnc2c1C. The second-order valence-corrected chi connectivity index (χ2v) is 8.74. The highest BCUT2D eigenvalue weighted by molar-refractivity contribution is 5.82. The second kappa shape index (κ2) is 7.94. The van der Waals surface area contributed by atoms with E-state index in [1.165, 1.54) is 4.68 Å². The molecular weight excluding hydrogens is 404 g/mol. The van der Waals surface area contributed by atoms with Gasteiger partial charge in [-0.15, -0.1) is 10.2 Å². The van der Waals surface area contributed by atoms with Crippen LogP contribution in [0, 0.1) is 13.8 Å². The number of nitrogens with zero attached hydrogens (tertiary/aromatic N) is 6. The van der Waals surface area contributed by atoms with Gasteiger partial charge in [0.1, 0.15) is 11.2 Å². The maximum atomic E-state index is 13.3. The molecule has 1 aliphatic rings. The number of hydrogen-bond acceptors (Lipinski definition) is 6. The summed E-state index contributed by atoms with van der Waals surface area (Å²) < 4.78 is 3.07. The largest absolute Gasteiger partial charge is 0.391 e. The van der Waals surface area contributed by atoms with Gasteiger partial charge in [0.05, 0.1) is 23.7 Å². The van der Waals surface area contributed by atoms with E-state index in [4.69, 9.17) is 0 Å². The number of aromatic nitrogens is 6. The quantitative estimate of drug-likeness (QED) is 0.535. The second-order valence-electron chi connectivity index (χ2n) is 8.74. The Bertz CT molecular complexity index is 1360. The van der Waals surface area contributed by atoms with Crippen LogP contribution in [0.4, 0.5) is 0 Å². The number of hydrogen-bond donors (Lipinski definition) is 1. The minimum Gasteiger partial charge on any atom is -0.391 e. The summed E-state index contributed by atoms with van der Waals surface area (Å²) >= 11 is 0. The highest BCUT2D eigenvalue weighted by atomic mass is 16.3. The molecule has 1 saturated carbocycles. The van der Waals surface area contributed by atoms with Crippen LogP contribution in [0.15, 0.2) is 41.3 Å². The predicted molar refractivity (Wildman–Crippen MR) is 121 cm³/mol. The summed E-state index contributed by atoms with van der Waals surface area (Å²) in [6.07, 6.45) is 4.38. The zero-order chi connectivity index (χ0) is 22.4. The Morgan fingerprint density at radius 1 is 1.06 bits per heavy atom. The van der Waals surface area contributed by atoms with E-state index in [9.17, 15) is 9.90 Å². The highest BCUT2D eigenvalue weighted by Crippen LogP contribution is 2.29. The topological polar surface area (TPSA) is 98.7 Å². The van der Waals surface area contributed by atoms with E-state index in [2.05, 4.69) is 39.7 Å². The van der Waals surface area contributed by atoms with Gasteiger partial charge in [-0.2, -0.15) is 0 Å². The first kappa shape index (κ1) is 20.5. The lowest BCUT2D eigenvalue weighted by molar-refractivity contribution is 0.126. The highest BCUT2D eigenvalue weighted by Gasteiger charge is 2.29. The zero-order valence-electron chi connectivity index (χ0n) is 18.5. The van der Waals surface area contributed by atoms with Gasteiger partial charge in [0.2, 0.25) is 0 Å². The van der Waals surface area contributed by atoms with Gasteiger partial charge in [-0.05, 0) is 67.9 Å². The minimum atomic E-state index is -0.543. The average molecular weight is 431 g/mol. The Morgan fingerprint density at radius 2 is 1.84 bits per heavy atom. The van der Waals surface area contributed by atoms with E-state index in [1.54, 1.807) is 4.68 Å². The fraction of sp³-hybridized carbons (Fsp3) is 0.375. The molecule has 0 aliphatic heterocycles. The van der Waals surface area contributed by atoms with Crippen LogP contribution in [0.25, 0.3) is 22.2 Å². The van der Waals surface area contributed by atoms with E-state index in [1.807, 2.05) is 38.4 Å². The molecular formula is C24H26N6O2. The Hall–Kier alpha value is -3.39. The van der Waals surface area contributed by atoms with Crippen molar-refractivity contribution in [1.82, 2.24) is 30.0 Å². The van der Waals surface area contributed by atoms with Crippen molar-refractivity contribution in [3.05, 3.63) is 69.1 Å². The van der Waals surface area contributed by atoms with Crippen LogP contribution in [0.2, 0.25) is 0 Å². The molecule has 5 rings (SSSR count). The summed E-state index contributed by atoms with van der Waals surface area (Å²) in [5.41, 5.74) is 6.63. The molecule has 8 heteroatoms. The van der Waals surface area contributed by atoms with Gasteiger partial charge < -0.3 is 5.11 Å². The molecule has 32 heavy (non-hydrogen) atoms.